The molecule has 55 heavy (non-hydrogen) atoms. The van der Waals surface area contributed by atoms with Crippen LogP contribution in [0.2, 0.25) is 0 Å². The first-order valence-corrected chi connectivity index (χ1v) is 19.2. The van der Waals surface area contributed by atoms with Gasteiger partial charge < -0.3 is 0 Å². The first-order chi connectivity index (χ1) is 27.2. The van der Waals surface area contributed by atoms with E-state index >= 15 is 0 Å². The molecule has 2 nitrogen and oxygen atoms in total. The summed E-state index contributed by atoms with van der Waals surface area (Å²) in [4.78, 5) is 14.4. The lowest BCUT2D eigenvalue weighted by Gasteiger charge is -2.22. The van der Waals surface area contributed by atoms with Crippen molar-refractivity contribution < 1.29 is 0 Å². The lowest BCUT2D eigenvalue weighted by Crippen LogP contribution is -2.12. The van der Waals surface area contributed by atoms with Gasteiger partial charge in [-0.3, -0.25) is 9.20 Å². The molecule has 11 aromatic rings. The number of benzene rings is 9. The van der Waals surface area contributed by atoms with Gasteiger partial charge in [-0.25, -0.2) is 0 Å². The van der Waals surface area contributed by atoms with Crippen molar-refractivity contribution in [2.45, 2.75) is 12.8 Å². The predicted molar refractivity (Wildman–Crippen MR) is 230 cm³/mol. The van der Waals surface area contributed by atoms with E-state index in [9.17, 15) is 4.79 Å². The summed E-state index contributed by atoms with van der Waals surface area (Å²) in [7, 11) is 0. The van der Waals surface area contributed by atoms with Crippen LogP contribution in [0.1, 0.15) is 22.3 Å². The molecule has 2 aromatic heterocycles. The molecule has 2 heteroatoms. The maximum atomic E-state index is 14.4. The van der Waals surface area contributed by atoms with Gasteiger partial charge in [0.15, 0.2) is 0 Å². The van der Waals surface area contributed by atoms with E-state index in [4.69, 9.17) is 0 Å². The van der Waals surface area contributed by atoms with Crippen molar-refractivity contribution in [3.8, 4) is 44.5 Å². The molecular weight excluding hydrogens is 667 g/mol. The average Bonchev–Trinajstić information content (AvgIpc) is 3.57. The molecule has 13 rings (SSSR count). The topological polar surface area (TPSA) is 21.5 Å². The Kier molecular flexibility index (Phi) is 5.65. The molecular formula is C53H31NO. The molecule has 0 spiro atoms. The van der Waals surface area contributed by atoms with E-state index in [0.29, 0.717) is 0 Å². The number of hydrogen-bond acceptors (Lipinski definition) is 1. The maximum absolute atomic E-state index is 14.4. The third kappa shape index (κ3) is 3.86. The van der Waals surface area contributed by atoms with Crippen molar-refractivity contribution in [3.05, 3.63) is 196 Å². The van der Waals surface area contributed by atoms with Crippen molar-refractivity contribution in [1.29, 1.82) is 0 Å². The molecule has 0 N–H and O–H groups in total. The van der Waals surface area contributed by atoms with Gasteiger partial charge in [0.05, 0.1) is 11.0 Å². The van der Waals surface area contributed by atoms with Crippen LogP contribution in [0.5, 0.6) is 0 Å². The van der Waals surface area contributed by atoms with E-state index in [1.54, 1.807) is 0 Å². The summed E-state index contributed by atoms with van der Waals surface area (Å²) in [6.45, 7) is 0. The fourth-order valence-corrected chi connectivity index (χ4v) is 10.4. The zero-order chi connectivity index (χ0) is 35.9. The predicted octanol–water partition coefficient (Wildman–Crippen LogP) is 13.0. The molecule has 0 radical (unpaired) electrons. The molecule has 2 aliphatic rings. The fraction of sp³-hybridized carbons (Fsp3) is 0.0377. The van der Waals surface area contributed by atoms with Crippen molar-refractivity contribution >= 4 is 59.5 Å². The third-order valence-electron chi connectivity index (χ3n) is 12.8. The van der Waals surface area contributed by atoms with Gasteiger partial charge in [0.2, 0.25) is 0 Å². The molecule has 2 aliphatic carbocycles. The lowest BCUT2D eigenvalue weighted by molar-refractivity contribution is 1.20. The highest BCUT2D eigenvalue weighted by Gasteiger charge is 2.24. The molecule has 0 saturated heterocycles. The first-order valence-electron chi connectivity index (χ1n) is 19.2. The molecule has 0 unspecified atom stereocenters. The number of pyridine rings is 1. The minimum absolute atomic E-state index is 0.0316. The average molecular weight is 698 g/mol. The summed E-state index contributed by atoms with van der Waals surface area (Å²) in [5.41, 5.74) is 17.5. The molecule has 0 aliphatic heterocycles. The number of hydrogen-bond donors (Lipinski definition) is 0. The molecule has 0 fully saturated rings. The van der Waals surface area contributed by atoms with E-state index in [1.807, 2.05) is 16.5 Å². The summed E-state index contributed by atoms with van der Waals surface area (Å²) in [5, 5.41) is 10.3. The molecule has 0 bridgehead atoms. The van der Waals surface area contributed by atoms with Gasteiger partial charge in [-0.05, 0) is 137 Å². The van der Waals surface area contributed by atoms with Gasteiger partial charge in [0.1, 0.15) is 0 Å². The zero-order valence-electron chi connectivity index (χ0n) is 29.9. The standard InChI is InChI=1S/C53H31NO/c55-53-45-16-6-5-15-40(45)47-28-35(39-21-23-44-37-14-4-2-10-31(37)26-34-12-8-18-42(39)51(34)44)29-48-46-27-32(19-24-49(46)54(53)52(47)48)38-20-22-43-36-13-3-1-9-30(36)25-33-11-7-17-41(38)50(33)43/h1-24,27-29H,25-26H2. The Morgan fingerprint density at radius 2 is 0.836 bits per heavy atom. The first kappa shape index (κ1) is 29.4. The quantitative estimate of drug-likeness (QED) is 0.165. The van der Waals surface area contributed by atoms with E-state index in [2.05, 4.69) is 152 Å². The second kappa shape index (κ2) is 10.6. The van der Waals surface area contributed by atoms with Crippen LogP contribution in [0, 0.1) is 0 Å². The van der Waals surface area contributed by atoms with Crippen LogP contribution < -0.4 is 5.56 Å². The SMILES string of the molecule is O=c1c2ccccc2c2cc(-c3ccc4c5c(cccc35)Cc3ccccc3-4)cc3c4cc(-c5ccc6c7c(cccc57)Cc5ccccc5-6)ccc4n1c23. The Hall–Kier alpha value is -7.03. The van der Waals surface area contributed by atoms with Gasteiger partial charge in [-0.1, -0.05) is 133 Å². The van der Waals surface area contributed by atoms with E-state index in [0.717, 1.165) is 56.4 Å². The van der Waals surface area contributed by atoms with Crippen molar-refractivity contribution in [3.63, 3.8) is 0 Å². The Morgan fingerprint density at radius 3 is 1.49 bits per heavy atom. The fourth-order valence-electron chi connectivity index (χ4n) is 10.4. The van der Waals surface area contributed by atoms with Gasteiger partial charge in [-0.2, -0.15) is 0 Å². The Labute approximate surface area is 316 Å². The van der Waals surface area contributed by atoms with Crippen LogP contribution in [-0.4, -0.2) is 4.40 Å². The lowest BCUT2D eigenvalue weighted by atomic mass is 9.81. The molecule has 9 aromatic carbocycles. The third-order valence-corrected chi connectivity index (χ3v) is 12.8. The van der Waals surface area contributed by atoms with Crippen molar-refractivity contribution in [2.24, 2.45) is 0 Å². The second-order valence-corrected chi connectivity index (χ2v) is 15.5. The minimum Gasteiger partial charge on any atom is -0.275 e. The zero-order valence-corrected chi connectivity index (χ0v) is 29.9. The highest BCUT2D eigenvalue weighted by Crippen LogP contribution is 2.47. The highest BCUT2D eigenvalue weighted by atomic mass is 16.1. The Bertz CT molecular complexity index is 3570. The number of rotatable bonds is 2. The van der Waals surface area contributed by atoms with Gasteiger partial charge in [0.25, 0.3) is 5.56 Å². The van der Waals surface area contributed by atoms with E-state index in [-0.39, 0.29) is 5.56 Å². The van der Waals surface area contributed by atoms with E-state index in [1.165, 1.54) is 82.7 Å². The van der Waals surface area contributed by atoms with Crippen molar-refractivity contribution in [2.75, 3.05) is 0 Å². The Morgan fingerprint density at radius 1 is 0.345 bits per heavy atom. The van der Waals surface area contributed by atoms with Crippen molar-refractivity contribution in [1.82, 2.24) is 4.40 Å². The second-order valence-electron chi connectivity index (χ2n) is 15.5. The van der Waals surface area contributed by atoms with Crippen LogP contribution in [0.3, 0.4) is 0 Å². The van der Waals surface area contributed by atoms with E-state index < -0.39 is 0 Å². The number of aromatic nitrogens is 1. The molecule has 0 atom stereocenters. The molecule has 2 heterocycles. The molecule has 0 saturated carbocycles. The summed E-state index contributed by atoms with van der Waals surface area (Å²) in [6, 6.07) is 60.0. The Balaban J connectivity index is 1.11. The summed E-state index contributed by atoms with van der Waals surface area (Å²) in [6.07, 6.45) is 1.87. The summed E-state index contributed by atoms with van der Waals surface area (Å²) in [5.74, 6) is 0. The van der Waals surface area contributed by atoms with Crippen LogP contribution in [0.15, 0.2) is 169 Å². The van der Waals surface area contributed by atoms with Crippen LogP contribution in [-0.2, 0) is 12.8 Å². The minimum atomic E-state index is 0.0316. The van der Waals surface area contributed by atoms with Gasteiger partial charge in [0, 0.05) is 21.5 Å². The smallest absolute Gasteiger partial charge is 0.263 e. The highest BCUT2D eigenvalue weighted by molar-refractivity contribution is 6.23. The van der Waals surface area contributed by atoms with Crippen LogP contribution >= 0.6 is 0 Å². The molecule has 0 amide bonds. The normalized spacial score (nSPS) is 13.0. The van der Waals surface area contributed by atoms with Gasteiger partial charge in [-0.15, -0.1) is 0 Å². The van der Waals surface area contributed by atoms with Gasteiger partial charge >= 0.3 is 0 Å². The summed E-state index contributed by atoms with van der Waals surface area (Å²) < 4.78 is 1.97. The maximum Gasteiger partial charge on any atom is 0.263 e. The number of fused-ring (bicyclic) bond motifs is 9. The monoisotopic (exact) mass is 697 g/mol. The van der Waals surface area contributed by atoms with Crippen LogP contribution in [0.4, 0.5) is 0 Å². The number of nitrogens with zero attached hydrogens (tertiary/aromatic N) is 1. The van der Waals surface area contributed by atoms with Crippen LogP contribution in [0.25, 0.3) is 104 Å². The largest absolute Gasteiger partial charge is 0.275 e. The summed E-state index contributed by atoms with van der Waals surface area (Å²) >= 11 is 0. The molecule has 254 valence electrons.